The lowest BCUT2D eigenvalue weighted by molar-refractivity contribution is -0.384. The first-order valence-corrected chi connectivity index (χ1v) is 5.92. The van der Waals surface area contributed by atoms with Crippen molar-refractivity contribution in [3.63, 3.8) is 0 Å². The Hall–Kier alpha value is -0.650. The van der Waals surface area contributed by atoms with Crippen LogP contribution < -0.4 is 5.32 Å². The summed E-state index contributed by atoms with van der Waals surface area (Å²) in [5.41, 5.74) is 0.00168. The summed E-state index contributed by atoms with van der Waals surface area (Å²) in [5, 5.41) is 13.8. The molecule has 0 aromatic carbocycles. The Bertz CT molecular complexity index is 354. The second-order valence-corrected chi connectivity index (χ2v) is 4.93. The van der Waals surface area contributed by atoms with Gasteiger partial charge in [0.1, 0.15) is 0 Å². The molecule has 0 spiro atoms. The summed E-state index contributed by atoms with van der Waals surface area (Å²) in [4.78, 5) is 11.0. The lowest BCUT2D eigenvalue weighted by Gasteiger charge is -2.09. The summed E-state index contributed by atoms with van der Waals surface area (Å²) in [5.74, 6) is 0. The van der Waals surface area contributed by atoms with Crippen molar-refractivity contribution in [3.05, 3.63) is 25.4 Å². The average Bonchev–Trinajstić information content (AvgIpc) is 2.56. The van der Waals surface area contributed by atoms with Crippen molar-refractivity contribution in [3.8, 4) is 0 Å². The van der Waals surface area contributed by atoms with E-state index >= 15 is 0 Å². The molecule has 0 aliphatic rings. The molecule has 1 aromatic heterocycles. The van der Waals surface area contributed by atoms with Gasteiger partial charge in [0.2, 0.25) is 0 Å². The van der Waals surface area contributed by atoms with Crippen molar-refractivity contribution in [2.24, 2.45) is 0 Å². The molecule has 0 aliphatic heterocycles. The zero-order valence-corrected chi connectivity index (χ0v) is 10.2. The fraction of sp³-hybridized carbons (Fsp3) is 0.556. The van der Waals surface area contributed by atoms with Crippen LogP contribution in [-0.4, -0.2) is 11.5 Å². The standard InChI is InChI=1S/C9H13ClN2O2S/c1-3-4-11-6(2)8-5-7(12(13)14)9(10)15-8/h5-6,11H,3-4H2,1-2H3. The van der Waals surface area contributed by atoms with Gasteiger partial charge in [0.05, 0.1) is 4.92 Å². The second-order valence-electron chi connectivity index (χ2n) is 3.24. The summed E-state index contributed by atoms with van der Waals surface area (Å²) in [7, 11) is 0. The van der Waals surface area contributed by atoms with E-state index < -0.39 is 4.92 Å². The molecule has 84 valence electrons. The number of thiophene rings is 1. The minimum absolute atomic E-state index is 0.00168. The van der Waals surface area contributed by atoms with E-state index in [1.165, 1.54) is 11.3 Å². The molecule has 1 rings (SSSR count). The third-order valence-corrected chi connectivity index (χ3v) is 3.53. The number of rotatable bonds is 5. The number of hydrogen-bond acceptors (Lipinski definition) is 4. The first-order valence-electron chi connectivity index (χ1n) is 4.73. The van der Waals surface area contributed by atoms with Crippen LogP contribution in [0, 0.1) is 10.1 Å². The van der Waals surface area contributed by atoms with Gasteiger partial charge in [-0.1, -0.05) is 18.5 Å². The van der Waals surface area contributed by atoms with Gasteiger partial charge in [-0.3, -0.25) is 10.1 Å². The molecular formula is C9H13ClN2O2S. The quantitative estimate of drug-likeness (QED) is 0.642. The van der Waals surface area contributed by atoms with Crippen LogP contribution in [0.25, 0.3) is 0 Å². The number of hydrogen-bond donors (Lipinski definition) is 1. The highest BCUT2D eigenvalue weighted by Gasteiger charge is 2.19. The Morgan fingerprint density at radius 3 is 2.87 bits per heavy atom. The summed E-state index contributed by atoms with van der Waals surface area (Å²) < 4.78 is 0.250. The maximum Gasteiger partial charge on any atom is 0.299 e. The van der Waals surface area contributed by atoms with Crippen molar-refractivity contribution in [1.29, 1.82) is 0 Å². The SMILES string of the molecule is CCCNC(C)c1cc([N+](=O)[O-])c(Cl)s1. The Kier molecular flexibility index (Phi) is 4.50. The van der Waals surface area contributed by atoms with Gasteiger partial charge >= 0.3 is 0 Å². The van der Waals surface area contributed by atoms with Crippen molar-refractivity contribution in [2.75, 3.05) is 6.54 Å². The molecule has 15 heavy (non-hydrogen) atoms. The van der Waals surface area contributed by atoms with E-state index in [1.54, 1.807) is 6.07 Å². The fourth-order valence-corrected chi connectivity index (χ4v) is 2.44. The van der Waals surface area contributed by atoms with Gasteiger partial charge in [-0.2, -0.15) is 0 Å². The molecule has 0 fully saturated rings. The van der Waals surface area contributed by atoms with Crippen molar-refractivity contribution >= 4 is 28.6 Å². The number of halogens is 1. The lowest BCUT2D eigenvalue weighted by Crippen LogP contribution is -2.18. The Balaban J connectivity index is 2.78. The molecule has 1 atom stereocenters. The summed E-state index contributed by atoms with van der Waals surface area (Å²) >= 11 is 7.03. The van der Waals surface area contributed by atoms with E-state index in [9.17, 15) is 10.1 Å². The van der Waals surface area contributed by atoms with E-state index in [-0.39, 0.29) is 16.1 Å². The van der Waals surface area contributed by atoms with Crippen molar-refractivity contribution in [1.82, 2.24) is 5.32 Å². The zero-order chi connectivity index (χ0) is 11.4. The van der Waals surface area contributed by atoms with Crippen LogP contribution in [-0.2, 0) is 0 Å². The predicted molar refractivity (Wildman–Crippen MR) is 62.7 cm³/mol. The van der Waals surface area contributed by atoms with Crippen LogP contribution in [0.5, 0.6) is 0 Å². The second kappa shape index (κ2) is 5.44. The van der Waals surface area contributed by atoms with Crippen molar-refractivity contribution in [2.45, 2.75) is 26.3 Å². The third kappa shape index (κ3) is 3.15. The monoisotopic (exact) mass is 248 g/mol. The van der Waals surface area contributed by atoms with Crippen LogP contribution in [0.4, 0.5) is 5.69 Å². The molecule has 1 N–H and O–H groups in total. The van der Waals surface area contributed by atoms with Gasteiger partial charge in [-0.05, 0) is 19.9 Å². The van der Waals surface area contributed by atoms with Gasteiger partial charge in [0.15, 0.2) is 4.34 Å². The molecule has 4 nitrogen and oxygen atoms in total. The zero-order valence-electron chi connectivity index (χ0n) is 8.62. The smallest absolute Gasteiger partial charge is 0.299 e. The minimum atomic E-state index is -0.450. The minimum Gasteiger partial charge on any atom is -0.309 e. The van der Waals surface area contributed by atoms with E-state index in [2.05, 4.69) is 12.2 Å². The van der Waals surface area contributed by atoms with E-state index in [0.29, 0.717) is 0 Å². The highest BCUT2D eigenvalue weighted by molar-refractivity contribution is 7.16. The Labute approximate surface area is 97.4 Å². The molecule has 0 bridgehead atoms. The molecule has 1 unspecified atom stereocenters. The van der Waals surface area contributed by atoms with Crippen molar-refractivity contribution < 1.29 is 4.92 Å². The van der Waals surface area contributed by atoms with Gasteiger partial charge in [-0.25, -0.2) is 0 Å². The van der Waals surface area contributed by atoms with Gasteiger partial charge in [-0.15, -0.1) is 11.3 Å². The largest absolute Gasteiger partial charge is 0.309 e. The van der Waals surface area contributed by atoms with Crippen LogP contribution in [0.1, 0.15) is 31.2 Å². The van der Waals surface area contributed by atoms with Crippen LogP contribution in [0.3, 0.4) is 0 Å². The molecule has 0 aliphatic carbocycles. The van der Waals surface area contributed by atoms with Gasteiger partial charge in [0.25, 0.3) is 5.69 Å². The number of nitrogens with one attached hydrogen (secondary N) is 1. The number of nitrogens with zero attached hydrogens (tertiary/aromatic N) is 1. The first kappa shape index (κ1) is 12.4. The highest BCUT2D eigenvalue weighted by Crippen LogP contribution is 2.36. The molecule has 0 radical (unpaired) electrons. The molecule has 1 aromatic rings. The maximum atomic E-state index is 10.6. The Morgan fingerprint density at radius 1 is 1.73 bits per heavy atom. The lowest BCUT2D eigenvalue weighted by atomic mass is 10.2. The summed E-state index contributed by atoms with van der Waals surface area (Å²) in [6.07, 6.45) is 1.03. The average molecular weight is 249 g/mol. The molecule has 0 saturated carbocycles. The van der Waals surface area contributed by atoms with E-state index in [1.807, 2.05) is 6.92 Å². The molecule has 0 saturated heterocycles. The predicted octanol–water partition coefficient (Wildman–Crippen LogP) is 3.37. The molecule has 6 heteroatoms. The maximum absolute atomic E-state index is 10.6. The third-order valence-electron chi connectivity index (χ3n) is 2.01. The van der Waals surface area contributed by atoms with Gasteiger partial charge < -0.3 is 5.32 Å². The fourth-order valence-electron chi connectivity index (χ4n) is 1.18. The molecule has 0 amide bonds. The van der Waals surface area contributed by atoms with E-state index in [0.717, 1.165) is 17.8 Å². The topological polar surface area (TPSA) is 55.2 Å². The van der Waals surface area contributed by atoms with Gasteiger partial charge in [0, 0.05) is 17.0 Å². The normalized spacial score (nSPS) is 12.7. The highest BCUT2D eigenvalue weighted by atomic mass is 35.5. The summed E-state index contributed by atoms with van der Waals surface area (Å²) in [6, 6.07) is 1.65. The summed E-state index contributed by atoms with van der Waals surface area (Å²) in [6.45, 7) is 4.94. The van der Waals surface area contributed by atoms with Crippen LogP contribution >= 0.6 is 22.9 Å². The number of nitro groups is 1. The van der Waals surface area contributed by atoms with Crippen LogP contribution in [0.15, 0.2) is 6.07 Å². The van der Waals surface area contributed by atoms with E-state index in [4.69, 9.17) is 11.6 Å². The molecule has 1 heterocycles. The first-order chi connectivity index (χ1) is 7.06. The van der Waals surface area contributed by atoms with Crippen LogP contribution in [0.2, 0.25) is 4.34 Å². The molecular weight excluding hydrogens is 236 g/mol. The Morgan fingerprint density at radius 2 is 2.40 bits per heavy atom.